The maximum Gasteiger partial charge on any atom is 0.314 e. The average Bonchev–Trinajstić information content (AvgIpc) is 2.97. The van der Waals surface area contributed by atoms with Crippen molar-refractivity contribution >= 4 is 23.2 Å². The number of hydrogen-bond acceptors (Lipinski definition) is 4. The van der Waals surface area contributed by atoms with Crippen molar-refractivity contribution in [1.29, 1.82) is 0 Å². The highest BCUT2D eigenvalue weighted by Gasteiger charge is 2.18. The molecule has 6 nitrogen and oxygen atoms in total. The number of amides is 2. The predicted molar refractivity (Wildman–Crippen MR) is 76.2 cm³/mol. The van der Waals surface area contributed by atoms with E-state index in [9.17, 15) is 14.0 Å². The Bertz CT molecular complexity index is 748. The van der Waals surface area contributed by atoms with Crippen LogP contribution in [0.4, 0.5) is 15.8 Å². The lowest BCUT2D eigenvalue weighted by Gasteiger charge is -2.07. The van der Waals surface area contributed by atoms with Crippen molar-refractivity contribution in [2.75, 3.05) is 17.4 Å². The third kappa shape index (κ3) is 2.83. The summed E-state index contributed by atoms with van der Waals surface area (Å²) in [6, 6.07) is 10.3. The quantitative estimate of drug-likeness (QED) is 0.833. The third-order valence-electron chi connectivity index (χ3n) is 2.96. The molecule has 112 valence electrons. The highest BCUT2D eigenvalue weighted by molar-refractivity contribution is 6.43. The molecule has 2 amide bonds. The Balaban J connectivity index is 1.67. The zero-order valence-corrected chi connectivity index (χ0v) is 11.3. The first kappa shape index (κ1) is 13.9. The van der Waals surface area contributed by atoms with Gasteiger partial charge < -0.3 is 20.1 Å². The smallest absolute Gasteiger partial charge is 0.314 e. The van der Waals surface area contributed by atoms with Gasteiger partial charge in [0.1, 0.15) is 5.82 Å². The molecule has 0 saturated heterocycles. The van der Waals surface area contributed by atoms with Crippen LogP contribution >= 0.6 is 0 Å². The molecule has 2 N–H and O–H groups in total. The van der Waals surface area contributed by atoms with Crippen molar-refractivity contribution in [2.24, 2.45) is 0 Å². The van der Waals surface area contributed by atoms with Gasteiger partial charge in [0, 0.05) is 11.8 Å². The molecule has 7 heteroatoms. The highest BCUT2D eigenvalue weighted by atomic mass is 19.1. The molecular formula is C15H11FN2O4. The van der Waals surface area contributed by atoms with Gasteiger partial charge in [0.15, 0.2) is 11.5 Å². The molecule has 0 saturated carbocycles. The number of ether oxygens (including phenoxy) is 2. The van der Waals surface area contributed by atoms with E-state index in [4.69, 9.17) is 9.47 Å². The van der Waals surface area contributed by atoms with Gasteiger partial charge in [-0.2, -0.15) is 0 Å². The molecule has 3 rings (SSSR count). The van der Waals surface area contributed by atoms with Crippen molar-refractivity contribution in [1.82, 2.24) is 0 Å². The van der Waals surface area contributed by atoms with Crippen LogP contribution in [-0.4, -0.2) is 18.6 Å². The monoisotopic (exact) mass is 302 g/mol. The number of halogens is 1. The second kappa shape index (κ2) is 5.72. The highest BCUT2D eigenvalue weighted by Crippen LogP contribution is 2.34. The zero-order valence-electron chi connectivity index (χ0n) is 11.3. The summed E-state index contributed by atoms with van der Waals surface area (Å²) in [6.45, 7) is 0.112. The maximum atomic E-state index is 13.4. The van der Waals surface area contributed by atoms with Crippen molar-refractivity contribution < 1.29 is 23.5 Å². The topological polar surface area (TPSA) is 76.7 Å². The van der Waals surface area contributed by atoms with Gasteiger partial charge in [-0.05, 0) is 24.3 Å². The van der Waals surface area contributed by atoms with Crippen molar-refractivity contribution in [3.63, 3.8) is 0 Å². The maximum absolute atomic E-state index is 13.4. The molecular weight excluding hydrogens is 291 g/mol. The number of fused-ring (bicyclic) bond motifs is 1. The van der Waals surface area contributed by atoms with Gasteiger partial charge in [0.25, 0.3) is 0 Å². The number of hydrogen-bond donors (Lipinski definition) is 2. The largest absolute Gasteiger partial charge is 0.454 e. The van der Waals surface area contributed by atoms with Gasteiger partial charge in [0.05, 0.1) is 5.69 Å². The number of anilines is 2. The number of benzene rings is 2. The van der Waals surface area contributed by atoms with Crippen LogP contribution in [0.25, 0.3) is 0 Å². The summed E-state index contributed by atoms with van der Waals surface area (Å²) in [5.74, 6) is -1.46. The second-order valence-electron chi connectivity index (χ2n) is 4.46. The lowest BCUT2D eigenvalue weighted by Crippen LogP contribution is -2.29. The molecule has 0 bridgehead atoms. The summed E-state index contributed by atoms with van der Waals surface area (Å²) < 4.78 is 23.7. The van der Waals surface area contributed by atoms with Crippen LogP contribution in [0.3, 0.4) is 0 Å². The van der Waals surface area contributed by atoms with Crippen molar-refractivity contribution in [2.45, 2.75) is 0 Å². The Morgan fingerprint density at radius 3 is 2.50 bits per heavy atom. The zero-order chi connectivity index (χ0) is 15.5. The molecule has 0 spiro atoms. The number of carbonyl (C=O) groups is 2. The molecule has 22 heavy (non-hydrogen) atoms. The first-order chi connectivity index (χ1) is 10.6. The van der Waals surface area contributed by atoms with E-state index in [-0.39, 0.29) is 12.5 Å². The molecule has 0 unspecified atom stereocenters. The van der Waals surface area contributed by atoms with Crippen LogP contribution in [0.15, 0.2) is 42.5 Å². The minimum absolute atomic E-state index is 0.0617. The number of para-hydroxylation sites is 1. The molecule has 0 radical (unpaired) electrons. The SMILES string of the molecule is O=C(Nc1ccc2c(c1)OCO2)C(=O)Nc1ccccc1F. The second-order valence-corrected chi connectivity index (χ2v) is 4.46. The van der Waals surface area contributed by atoms with Gasteiger partial charge in [-0.3, -0.25) is 9.59 Å². The number of carbonyl (C=O) groups excluding carboxylic acids is 2. The Hall–Kier alpha value is -3.09. The van der Waals surface area contributed by atoms with E-state index in [2.05, 4.69) is 10.6 Å². The lowest BCUT2D eigenvalue weighted by atomic mass is 10.2. The number of rotatable bonds is 2. The normalized spacial score (nSPS) is 11.9. The standard InChI is InChI=1S/C15H11FN2O4/c16-10-3-1-2-4-11(10)18-15(20)14(19)17-9-5-6-12-13(7-9)22-8-21-12/h1-7H,8H2,(H,17,19)(H,18,20). The average molecular weight is 302 g/mol. The molecule has 1 aliphatic heterocycles. The van der Waals surface area contributed by atoms with E-state index < -0.39 is 17.6 Å². The molecule has 0 atom stereocenters. The summed E-state index contributed by atoms with van der Waals surface area (Å²) in [6.07, 6.45) is 0. The van der Waals surface area contributed by atoms with Gasteiger partial charge >= 0.3 is 11.8 Å². The molecule has 2 aromatic rings. The third-order valence-corrected chi connectivity index (χ3v) is 2.96. The summed E-state index contributed by atoms with van der Waals surface area (Å²) in [5.41, 5.74) is 0.311. The molecule has 0 aromatic heterocycles. The Morgan fingerprint density at radius 2 is 1.68 bits per heavy atom. The van der Waals surface area contributed by atoms with E-state index in [0.29, 0.717) is 17.2 Å². The fraction of sp³-hybridized carbons (Fsp3) is 0.0667. The van der Waals surface area contributed by atoms with Crippen LogP contribution in [0.5, 0.6) is 11.5 Å². The fourth-order valence-corrected chi connectivity index (χ4v) is 1.90. The Morgan fingerprint density at radius 1 is 0.955 bits per heavy atom. The van der Waals surface area contributed by atoms with E-state index >= 15 is 0 Å². The summed E-state index contributed by atoms with van der Waals surface area (Å²) in [7, 11) is 0. The van der Waals surface area contributed by atoms with Gasteiger partial charge in [-0.1, -0.05) is 12.1 Å². The van der Waals surface area contributed by atoms with Crippen LogP contribution < -0.4 is 20.1 Å². The lowest BCUT2D eigenvalue weighted by molar-refractivity contribution is -0.133. The van der Waals surface area contributed by atoms with Gasteiger partial charge in [-0.15, -0.1) is 0 Å². The van der Waals surface area contributed by atoms with Crippen LogP contribution in [0.2, 0.25) is 0 Å². The summed E-state index contributed by atoms with van der Waals surface area (Å²) >= 11 is 0. The molecule has 0 fully saturated rings. The van der Waals surface area contributed by atoms with E-state index in [1.807, 2.05) is 0 Å². The summed E-state index contributed by atoms with van der Waals surface area (Å²) in [5, 5.41) is 4.60. The van der Waals surface area contributed by atoms with Crippen LogP contribution in [-0.2, 0) is 9.59 Å². The van der Waals surface area contributed by atoms with Crippen molar-refractivity contribution in [3.05, 3.63) is 48.3 Å². The Labute approximate surface area is 124 Å². The molecule has 1 aliphatic rings. The van der Waals surface area contributed by atoms with Gasteiger partial charge in [0.2, 0.25) is 6.79 Å². The van der Waals surface area contributed by atoms with Crippen LogP contribution in [0, 0.1) is 5.82 Å². The first-order valence-electron chi connectivity index (χ1n) is 6.40. The summed E-state index contributed by atoms with van der Waals surface area (Å²) in [4.78, 5) is 23.6. The molecule has 2 aromatic carbocycles. The number of nitrogens with one attached hydrogen (secondary N) is 2. The fourth-order valence-electron chi connectivity index (χ4n) is 1.90. The molecule has 1 heterocycles. The molecule has 0 aliphatic carbocycles. The minimum atomic E-state index is -0.970. The van der Waals surface area contributed by atoms with Crippen molar-refractivity contribution in [3.8, 4) is 11.5 Å². The van der Waals surface area contributed by atoms with Crippen LogP contribution in [0.1, 0.15) is 0 Å². The predicted octanol–water partition coefficient (Wildman–Crippen LogP) is 2.13. The minimum Gasteiger partial charge on any atom is -0.454 e. The van der Waals surface area contributed by atoms with E-state index in [1.54, 1.807) is 18.2 Å². The first-order valence-corrected chi connectivity index (χ1v) is 6.40. The Kier molecular flexibility index (Phi) is 3.61. The van der Waals surface area contributed by atoms with E-state index in [0.717, 1.165) is 0 Å². The van der Waals surface area contributed by atoms with Gasteiger partial charge in [-0.25, -0.2) is 4.39 Å². The van der Waals surface area contributed by atoms with E-state index in [1.165, 1.54) is 24.3 Å².